The maximum absolute atomic E-state index is 14.3. The third-order valence-electron chi connectivity index (χ3n) is 15.9. The van der Waals surface area contributed by atoms with E-state index in [4.69, 9.17) is 40.1 Å². The van der Waals surface area contributed by atoms with Crippen LogP contribution in [0.25, 0.3) is 0 Å². The molecule has 0 aromatic rings. The van der Waals surface area contributed by atoms with E-state index in [9.17, 15) is 82.8 Å². The topological polar surface area (TPSA) is 600 Å². The molecule has 0 unspecified atom stereocenters. The molecule has 0 aromatic heterocycles. The number of carbonyl (C=O) groups excluding carboxylic acids is 12. The molecular weight excluding hydrogens is 1220 g/mol. The molecule has 2 saturated heterocycles. The number of nitrogens with two attached hydrogens (primary N) is 7. The second-order valence-electron chi connectivity index (χ2n) is 23.7. The molecule has 530 valence electrons. The molecule has 0 aliphatic carbocycles. The van der Waals surface area contributed by atoms with Crippen molar-refractivity contribution in [2.75, 3.05) is 52.4 Å². The molecular formula is C58H106N18O17. The van der Waals surface area contributed by atoms with Crippen LogP contribution < -0.4 is 88.0 Å². The first-order chi connectivity index (χ1) is 44.1. The highest BCUT2D eigenvalue weighted by Gasteiger charge is 2.42. The molecule has 0 bridgehead atoms. The van der Waals surface area contributed by atoms with Crippen LogP contribution in [0, 0.1) is 0 Å². The maximum Gasteiger partial charge on any atom is 0.326 e. The van der Waals surface area contributed by atoms with Crippen molar-refractivity contribution >= 4 is 76.9 Å². The van der Waals surface area contributed by atoms with E-state index in [1.54, 1.807) is 0 Å². The Morgan fingerprint density at radius 2 is 0.742 bits per heavy atom. The lowest BCUT2D eigenvalue weighted by atomic mass is 10.0. The standard InChI is InChI=1S/C58H106N18O17/c1-32(77)45(53(87)71-40(20-8-13-27-63)57(91)76-29-15-22-42(76)58(92)93)73-55(89)47(34(3)79)74-54(88)46(33(2)78)72-51(85)38(18-6-11-25-61)69-49(83)36(16-4-9-23-59)67-44(81)31-66-52(86)41-21-14-28-75(41)56(90)39(19-7-12-26-62)70-50(84)37(17-5-10-24-60)68-48(82)35(64)30-43(65)80/h32-42,45-47,77-79H,4-31,59-64H2,1-3H3,(H2,65,80)(H,66,86)(H,67,81)(H,68,82)(H,69,83)(H,70,84)(H,71,87)(H,72,85)(H,73,89)(H,74,88)(H,92,93)/t32-,33-,34-,35+,36+,37+,38+,39+,40+,41+,42+,45+,46+,47+/m1/s1. The van der Waals surface area contributed by atoms with Crippen LogP contribution in [-0.4, -0.2) is 244 Å². The average molecular weight is 1330 g/mol. The van der Waals surface area contributed by atoms with Crippen molar-refractivity contribution in [3.63, 3.8) is 0 Å². The van der Waals surface area contributed by atoms with Crippen molar-refractivity contribution in [2.24, 2.45) is 40.1 Å². The molecule has 2 rings (SSSR count). The van der Waals surface area contributed by atoms with Crippen molar-refractivity contribution in [3.05, 3.63) is 0 Å². The third kappa shape index (κ3) is 28.5. The van der Waals surface area contributed by atoms with E-state index in [1.807, 2.05) is 0 Å². The lowest BCUT2D eigenvalue weighted by molar-refractivity contribution is -0.149. The quantitative estimate of drug-likeness (QED) is 0.0252. The van der Waals surface area contributed by atoms with E-state index in [1.165, 1.54) is 4.90 Å². The number of carbonyl (C=O) groups is 13. The van der Waals surface area contributed by atoms with Gasteiger partial charge in [0.05, 0.1) is 37.3 Å². The molecule has 0 aromatic carbocycles. The molecule has 35 nitrogen and oxygen atoms in total. The second-order valence-corrected chi connectivity index (χ2v) is 23.7. The normalized spacial score (nSPS) is 18.5. The minimum atomic E-state index is -1.92. The Morgan fingerprint density at radius 3 is 1.12 bits per heavy atom. The first kappa shape index (κ1) is 81.8. The summed E-state index contributed by atoms with van der Waals surface area (Å²) in [4.78, 5) is 178. The number of aliphatic hydroxyl groups excluding tert-OH is 3. The molecule has 93 heavy (non-hydrogen) atoms. The van der Waals surface area contributed by atoms with Crippen LogP contribution in [0.3, 0.4) is 0 Å². The Labute approximate surface area is 542 Å². The summed E-state index contributed by atoms with van der Waals surface area (Å²) in [5.41, 5.74) is 39.6. The number of carboxylic acid groups (broad SMARTS) is 1. The van der Waals surface area contributed by atoms with Crippen molar-refractivity contribution in [1.82, 2.24) is 57.7 Å². The number of primary amides is 1. The van der Waals surface area contributed by atoms with Crippen LogP contribution in [0.4, 0.5) is 0 Å². The molecule has 2 heterocycles. The Kier molecular flexibility index (Phi) is 38.4. The van der Waals surface area contributed by atoms with Gasteiger partial charge in [0.1, 0.15) is 60.4 Å². The fourth-order valence-corrected chi connectivity index (χ4v) is 10.7. The highest BCUT2D eigenvalue weighted by Crippen LogP contribution is 2.22. The van der Waals surface area contributed by atoms with Crippen molar-refractivity contribution in [2.45, 2.75) is 234 Å². The summed E-state index contributed by atoms with van der Waals surface area (Å²) in [6, 6.07) is -15.7. The lowest BCUT2D eigenvalue weighted by Gasteiger charge is -2.31. The summed E-state index contributed by atoms with van der Waals surface area (Å²) in [5, 5.41) is 64.4. The molecule has 0 spiro atoms. The van der Waals surface area contributed by atoms with Gasteiger partial charge in [-0.2, -0.15) is 0 Å². The number of aliphatic hydroxyl groups is 3. The molecule has 12 amide bonds. The lowest BCUT2D eigenvalue weighted by Crippen LogP contribution is -2.64. The summed E-state index contributed by atoms with van der Waals surface area (Å²) in [7, 11) is 0. The van der Waals surface area contributed by atoms with E-state index in [2.05, 4.69) is 47.9 Å². The number of carboxylic acids is 1. The monoisotopic (exact) mass is 1330 g/mol. The van der Waals surface area contributed by atoms with Crippen LogP contribution in [0.2, 0.25) is 0 Å². The van der Waals surface area contributed by atoms with Crippen molar-refractivity contribution < 1.29 is 82.8 Å². The largest absolute Gasteiger partial charge is 0.480 e. The van der Waals surface area contributed by atoms with Crippen LogP contribution in [0.1, 0.15) is 149 Å². The first-order valence-corrected chi connectivity index (χ1v) is 32.2. The smallest absolute Gasteiger partial charge is 0.326 e. The first-order valence-electron chi connectivity index (χ1n) is 32.2. The number of amides is 12. The fourth-order valence-electron chi connectivity index (χ4n) is 10.7. The Hall–Kier alpha value is -7.25. The van der Waals surface area contributed by atoms with Gasteiger partial charge in [0, 0.05) is 13.1 Å². The Morgan fingerprint density at radius 1 is 0.430 bits per heavy atom. The van der Waals surface area contributed by atoms with Crippen LogP contribution in [0.15, 0.2) is 0 Å². The van der Waals surface area contributed by atoms with Gasteiger partial charge in [-0.25, -0.2) is 4.79 Å². The molecule has 35 heteroatoms. The van der Waals surface area contributed by atoms with Crippen molar-refractivity contribution in [1.29, 1.82) is 0 Å². The highest BCUT2D eigenvalue weighted by molar-refractivity contribution is 5.99. The van der Waals surface area contributed by atoms with Gasteiger partial charge in [-0.05, 0) is 175 Å². The van der Waals surface area contributed by atoms with E-state index >= 15 is 0 Å². The van der Waals surface area contributed by atoms with Gasteiger partial charge in [-0.1, -0.05) is 0 Å². The number of likely N-dealkylation sites (tertiary alicyclic amines) is 2. The predicted octanol–water partition coefficient (Wildman–Crippen LogP) is -7.96. The summed E-state index contributed by atoms with van der Waals surface area (Å²) >= 11 is 0. The van der Waals surface area contributed by atoms with Gasteiger partial charge in [-0.3, -0.25) is 57.5 Å². The molecule has 0 saturated carbocycles. The van der Waals surface area contributed by atoms with E-state index in [-0.39, 0.29) is 90.6 Å². The number of unbranched alkanes of at least 4 members (excludes halogenated alkanes) is 5. The van der Waals surface area contributed by atoms with Gasteiger partial charge >= 0.3 is 5.97 Å². The fraction of sp³-hybridized carbons (Fsp3) is 0.776. The number of hydrogen-bond acceptors (Lipinski definition) is 22. The molecule has 2 fully saturated rings. The van der Waals surface area contributed by atoms with Gasteiger partial charge in [0.15, 0.2) is 0 Å². The second kappa shape index (κ2) is 43.6. The van der Waals surface area contributed by atoms with E-state index < -0.39 is 175 Å². The molecule has 2 aliphatic rings. The average Bonchev–Trinajstić information content (AvgIpc) is 1.88. The minimum absolute atomic E-state index is 0.0157. The van der Waals surface area contributed by atoms with Gasteiger partial charge < -0.3 is 118 Å². The SMILES string of the molecule is C[C@@H](O)[C@H](NC(=O)[C@H](CCCCN)NC(=O)[C@H](CCCCN)NC(=O)CNC(=O)[C@@H]1CCCN1C(=O)[C@H](CCCCN)NC(=O)[C@H](CCCCN)NC(=O)[C@@H](N)CC(N)=O)C(=O)N[C@H](C(=O)N[C@H](C(=O)N[C@@H](CCCCN)C(=O)N1CCC[C@H]1C(=O)O)[C@@H](C)O)[C@@H](C)O. The molecule has 14 atom stereocenters. The third-order valence-corrected chi connectivity index (χ3v) is 15.9. The van der Waals surface area contributed by atoms with Crippen molar-refractivity contribution in [3.8, 4) is 0 Å². The van der Waals surface area contributed by atoms with Crippen LogP contribution in [0.5, 0.6) is 0 Å². The Bertz CT molecular complexity index is 2460. The Balaban J connectivity index is 2.30. The zero-order chi connectivity index (χ0) is 69.9. The van der Waals surface area contributed by atoms with Gasteiger partial charge in [0.2, 0.25) is 70.9 Å². The van der Waals surface area contributed by atoms with E-state index in [0.29, 0.717) is 77.2 Å². The number of rotatable bonds is 46. The summed E-state index contributed by atoms with van der Waals surface area (Å²) in [5.74, 6) is -11.9. The predicted molar refractivity (Wildman–Crippen MR) is 337 cm³/mol. The molecule has 2 aliphatic heterocycles. The molecule has 0 radical (unpaired) electrons. The van der Waals surface area contributed by atoms with Crippen LogP contribution >= 0.6 is 0 Å². The highest BCUT2D eigenvalue weighted by atomic mass is 16.4. The zero-order valence-corrected chi connectivity index (χ0v) is 53.9. The summed E-state index contributed by atoms with van der Waals surface area (Å²) in [6.45, 7) is 4.10. The maximum atomic E-state index is 14.3. The van der Waals surface area contributed by atoms with Crippen LogP contribution in [-0.2, 0) is 62.3 Å². The number of nitrogens with one attached hydrogen (secondary N) is 9. The van der Waals surface area contributed by atoms with E-state index in [0.717, 1.165) is 25.7 Å². The number of nitrogens with zero attached hydrogens (tertiary/aromatic N) is 2. The van der Waals surface area contributed by atoms with Gasteiger partial charge in [-0.15, -0.1) is 0 Å². The zero-order valence-electron chi connectivity index (χ0n) is 53.9. The summed E-state index contributed by atoms with van der Waals surface area (Å²) in [6.07, 6.45) is -0.435. The number of hydrogen-bond donors (Lipinski definition) is 20. The van der Waals surface area contributed by atoms with Gasteiger partial charge in [0.25, 0.3) is 0 Å². The summed E-state index contributed by atoms with van der Waals surface area (Å²) < 4.78 is 0. The molecule has 27 N–H and O–H groups in total. The minimum Gasteiger partial charge on any atom is -0.480 e. The number of aliphatic carboxylic acids is 1.